The van der Waals surface area contributed by atoms with E-state index in [-0.39, 0.29) is 17.2 Å². The third-order valence-electron chi connectivity index (χ3n) is 5.21. The Morgan fingerprint density at radius 3 is 2.62 bits per heavy atom. The van der Waals surface area contributed by atoms with Crippen LogP contribution in [0, 0.1) is 18.8 Å². The molecule has 1 aromatic carbocycles. The first kappa shape index (κ1) is 14.6. The highest BCUT2D eigenvalue weighted by atomic mass is 16.5. The Morgan fingerprint density at radius 2 is 2.00 bits per heavy atom. The van der Waals surface area contributed by atoms with Crippen LogP contribution in [0.2, 0.25) is 0 Å². The SMILES string of the molecule is Cc1ccccc1C1(CNC(=O)[C@H]2C[C@H]2C)CCOCC1. The molecule has 3 nitrogen and oxygen atoms in total. The molecule has 0 unspecified atom stereocenters. The number of amides is 1. The van der Waals surface area contributed by atoms with Crippen LogP contribution in [0.15, 0.2) is 24.3 Å². The van der Waals surface area contributed by atoms with Crippen LogP contribution in [0.5, 0.6) is 0 Å². The first-order valence-corrected chi connectivity index (χ1v) is 8.04. The molecule has 1 aliphatic carbocycles. The minimum atomic E-state index is 0.0391. The maximum atomic E-state index is 12.2. The van der Waals surface area contributed by atoms with E-state index in [1.165, 1.54) is 11.1 Å². The van der Waals surface area contributed by atoms with E-state index >= 15 is 0 Å². The quantitative estimate of drug-likeness (QED) is 0.925. The Balaban J connectivity index is 1.77. The highest BCUT2D eigenvalue weighted by Gasteiger charge is 2.41. The van der Waals surface area contributed by atoms with Crippen molar-refractivity contribution in [2.24, 2.45) is 11.8 Å². The van der Waals surface area contributed by atoms with E-state index in [1.807, 2.05) is 0 Å². The van der Waals surface area contributed by atoms with Gasteiger partial charge in [0.15, 0.2) is 0 Å². The van der Waals surface area contributed by atoms with Gasteiger partial charge in [-0.25, -0.2) is 0 Å². The van der Waals surface area contributed by atoms with Crippen molar-refractivity contribution in [3.05, 3.63) is 35.4 Å². The molecule has 1 aliphatic heterocycles. The van der Waals surface area contributed by atoms with Gasteiger partial charge in [-0.15, -0.1) is 0 Å². The van der Waals surface area contributed by atoms with Crippen molar-refractivity contribution in [3.63, 3.8) is 0 Å². The molecule has 2 atom stereocenters. The number of aryl methyl sites for hydroxylation is 1. The lowest BCUT2D eigenvalue weighted by atomic mass is 9.72. The van der Waals surface area contributed by atoms with Crippen LogP contribution in [0.3, 0.4) is 0 Å². The van der Waals surface area contributed by atoms with Crippen molar-refractivity contribution < 1.29 is 9.53 Å². The fraction of sp³-hybridized carbons (Fsp3) is 0.611. The fourth-order valence-electron chi connectivity index (χ4n) is 3.55. The van der Waals surface area contributed by atoms with E-state index in [0.717, 1.165) is 39.0 Å². The molecule has 2 aliphatic rings. The molecule has 1 heterocycles. The summed E-state index contributed by atoms with van der Waals surface area (Å²) >= 11 is 0. The number of ether oxygens (including phenoxy) is 1. The maximum absolute atomic E-state index is 12.2. The van der Waals surface area contributed by atoms with Gasteiger partial charge in [-0.05, 0) is 43.2 Å². The monoisotopic (exact) mass is 287 g/mol. The number of hydrogen-bond acceptors (Lipinski definition) is 2. The lowest BCUT2D eigenvalue weighted by molar-refractivity contribution is -0.123. The Morgan fingerprint density at radius 1 is 1.33 bits per heavy atom. The van der Waals surface area contributed by atoms with Gasteiger partial charge in [0.05, 0.1) is 0 Å². The molecule has 1 saturated carbocycles. The lowest BCUT2D eigenvalue weighted by Gasteiger charge is -2.39. The summed E-state index contributed by atoms with van der Waals surface area (Å²) in [7, 11) is 0. The first-order valence-electron chi connectivity index (χ1n) is 8.04. The molecule has 3 heteroatoms. The lowest BCUT2D eigenvalue weighted by Crippen LogP contribution is -2.45. The predicted octanol–water partition coefficient (Wildman–Crippen LogP) is 2.82. The molecule has 0 radical (unpaired) electrons. The average molecular weight is 287 g/mol. The highest BCUT2D eigenvalue weighted by Crippen LogP contribution is 2.39. The molecule has 1 saturated heterocycles. The van der Waals surface area contributed by atoms with Gasteiger partial charge in [0.25, 0.3) is 0 Å². The number of rotatable bonds is 4. The zero-order chi connectivity index (χ0) is 14.9. The molecule has 1 amide bonds. The predicted molar refractivity (Wildman–Crippen MR) is 83.2 cm³/mol. The van der Waals surface area contributed by atoms with Crippen molar-refractivity contribution in [1.29, 1.82) is 0 Å². The van der Waals surface area contributed by atoms with Crippen LogP contribution >= 0.6 is 0 Å². The second kappa shape index (κ2) is 5.80. The third-order valence-corrected chi connectivity index (χ3v) is 5.21. The highest BCUT2D eigenvalue weighted by molar-refractivity contribution is 5.81. The second-order valence-corrected chi connectivity index (χ2v) is 6.74. The molecule has 1 aromatic rings. The first-order chi connectivity index (χ1) is 10.1. The van der Waals surface area contributed by atoms with Crippen LogP contribution in [-0.2, 0) is 14.9 Å². The zero-order valence-corrected chi connectivity index (χ0v) is 13.0. The molecule has 114 valence electrons. The third kappa shape index (κ3) is 2.98. The second-order valence-electron chi connectivity index (χ2n) is 6.74. The van der Waals surface area contributed by atoms with Crippen LogP contribution in [0.4, 0.5) is 0 Å². The molecule has 0 spiro atoms. The van der Waals surface area contributed by atoms with Crippen molar-refractivity contribution in [3.8, 4) is 0 Å². The summed E-state index contributed by atoms with van der Waals surface area (Å²) in [5, 5.41) is 3.22. The van der Waals surface area contributed by atoms with Gasteiger partial charge in [0.2, 0.25) is 5.91 Å². The van der Waals surface area contributed by atoms with E-state index in [4.69, 9.17) is 4.74 Å². The summed E-state index contributed by atoms with van der Waals surface area (Å²) in [5.41, 5.74) is 2.73. The van der Waals surface area contributed by atoms with E-state index in [1.54, 1.807) is 0 Å². The Hall–Kier alpha value is -1.35. The minimum Gasteiger partial charge on any atom is -0.381 e. The van der Waals surface area contributed by atoms with Gasteiger partial charge in [0.1, 0.15) is 0 Å². The summed E-state index contributed by atoms with van der Waals surface area (Å²) in [6, 6.07) is 8.56. The van der Waals surface area contributed by atoms with Crippen LogP contribution in [-0.4, -0.2) is 25.7 Å². The van der Waals surface area contributed by atoms with Crippen molar-refractivity contribution in [1.82, 2.24) is 5.32 Å². The van der Waals surface area contributed by atoms with Crippen LogP contribution in [0.1, 0.15) is 37.3 Å². The number of carbonyl (C=O) groups is 1. The Kier molecular flexibility index (Phi) is 4.03. The summed E-state index contributed by atoms with van der Waals surface area (Å²) in [6.45, 7) is 6.62. The average Bonchev–Trinajstić information content (AvgIpc) is 3.23. The standard InChI is InChI=1S/C18H25NO2/c1-13-5-3-4-6-16(13)18(7-9-21-10-8-18)12-19-17(20)15-11-14(15)2/h3-6,14-15H,7-12H2,1-2H3,(H,19,20)/t14-,15+/m1/s1. The van der Waals surface area contributed by atoms with Gasteiger partial charge in [-0.3, -0.25) is 4.79 Å². The molecular formula is C18H25NO2. The smallest absolute Gasteiger partial charge is 0.223 e. The molecule has 0 bridgehead atoms. The topological polar surface area (TPSA) is 38.3 Å². The molecule has 21 heavy (non-hydrogen) atoms. The fourth-order valence-corrected chi connectivity index (χ4v) is 3.55. The number of hydrogen-bond donors (Lipinski definition) is 1. The maximum Gasteiger partial charge on any atom is 0.223 e. The Bertz CT molecular complexity index is 520. The van der Waals surface area contributed by atoms with Crippen molar-refractivity contribution in [2.75, 3.05) is 19.8 Å². The molecule has 0 aromatic heterocycles. The van der Waals surface area contributed by atoms with Crippen LogP contribution in [0.25, 0.3) is 0 Å². The number of nitrogens with one attached hydrogen (secondary N) is 1. The summed E-state index contributed by atoms with van der Waals surface area (Å²) < 4.78 is 5.56. The largest absolute Gasteiger partial charge is 0.381 e. The van der Waals surface area contributed by atoms with Gasteiger partial charge >= 0.3 is 0 Å². The van der Waals surface area contributed by atoms with E-state index in [2.05, 4.69) is 43.4 Å². The van der Waals surface area contributed by atoms with Crippen LogP contribution < -0.4 is 5.32 Å². The van der Waals surface area contributed by atoms with Gasteiger partial charge in [0, 0.05) is 31.1 Å². The summed E-state index contributed by atoms with van der Waals surface area (Å²) in [5.74, 6) is 1.05. The normalized spacial score (nSPS) is 27.1. The van der Waals surface area contributed by atoms with Crippen molar-refractivity contribution in [2.45, 2.75) is 38.5 Å². The van der Waals surface area contributed by atoms with E-state index in [0.29, 0.717) is 5.92 Å². The summed E-state index contributed by atoms with van der Waals surface area (Å²) in [4.78, 5) is 12.2. The van der Waals surface area contributed by atoms with E-state index < -0.39 is 0 Å². The zero-order valence-electron chi connectivity index (χ0n) is 13.0. The number of benzene rings is 1. The molecule has 2 fully saturated rings. The van der Waals surface area contributed by atoms with Gasteiger partial charge in [-0.1, -0.05) is 31.2 Å². The summed E-state index contributed by atoms with van der Waals surface area (Å²) in [6.07, 6.45) is 3.02. The number of carbonyl (C=O) groups excluding carboxylic acids is 1. The Labute approximate surface area is 127 Å². The van der Waals surface area contributed by atoms with E-state index in [9.17, 15) is 4.79 Å². The molecule has 1 N–H and O–H groups in total. The van der Waals surface area contributed by atoms with Gasteiger partial charge in [-0.2, -0.15) is 0 Å². The van der Waals surface area contributed by atoms with Crippen molar-refractivity contribution >= 4 is 5.91 Å². The molecule has 3 rings (SSSR count). The molecular weight excluding hydrogens is 262 g/mol. The minimum absolute atomic E-state index is 0.0391. The van der Waals surface area contributed by atoms with Gasteiger partial charge < -0.3 is 10.1 Å².